The zero-order valence-corrected chi connectivity index (χ0v) is 17.6. The second-order valence-corrected chi connectivity index (χ2v) is 9.11. The van der Waals surface area contributed by atoms with Crippen molar-refractivity contribution in [2.45, 2.75) is 17.2 Å². The van der Waals surface area contributed by atoms with Crippen LogP contribution in [0.25, 0.3) is 21.3 Å². The largest absolute Gasteiger partial charge is 0.293 e. The Bertz CT molecular complexity index is 1090. The van der Waals surface area contributed by atoms with E-state index in [9.17, 15) is 4.79 Å². The molecule has 0 saturated heterocycles. The highest BCUT2D eigenvalue weighted by Crippen LogP contribution is 2.39. The summed E-state index contributed by atoms with van der Waals surface area (Å²) in [5, 5.41) is 3.73. The van der Waals surface area contributed by atoms with Gasteiger partial charge in [-0.05, 0) is 24.6 Å². The van der Waals surface area contributed by atoms with Crippen LogP contribution in [0, 0.1) is 0 Å². The molecule has 0 fully saturated rings. The number of carbonyl (C=O) groups excluding carboxylic acids is 1. The minimum Gasteiger partial charge on any atom is -0.293 e. The van der Waals surface area contributed by atoms with Gasteiger partial charge in [-0.1, -0.05) is 70.2 Å². The van der Waals surface area contributed by atoms with E-state index >= 15 is 0 Å². The molecule has 0 amide bonds. The molecular weight excluding hydrogens is 440 g/mol. The summed E-state index contributed by atoms with van der Waals surface area (Å²) >= 11 is 6.57. The molecule has 6 heteroatoms. The summed E-state index contributed by atoms with van der Waals surface area (Å²) in [6.45, 7) is 1.93. The number of benzene rings is 2. The highest BCUT2D eigenvalue weighted by molar-refractivity contribution is 9.10. The van der Waals surface area contributed by atoms with Crippen LogP contribution in [0.3, 0.4) is 0 Å². The molecule has 0 bridgehead atoms. The Morgan fingerprint density at radius 3 is 2.56 bits per heavy atom. The molecule has 1 unspecified atom stereocenters. The van der Waals surface area contributed by atoms with Gasteiger partial charge in [-0.2, -0.15) is 0 Å². The Labute approximate surface area is 174 Å². The lowest BCUT2D eigenvalue weighted by Gasteiger charge is -2.11. The third kappa shape index (κ3) is 3.83. The van der Waals surface area contributed by atoms with Crippen molar-refractivity contribution in [2.24, 2.45) is 0 Å². The van der Waals surface area contributed by atoms with Gasteiger partial charge in [0.15, 0.2) is 5.78 Å². The number of hydrogen-bond donors (Lipinski definition) is 0. The molecule has 0 spiro atoms. The Balaban J connectivity index is 1.71. The van der Waals surface area contributed by atoms with E-state index < -0.39 is 0 Å². The molecule has 0 N–H and O–H groups in total. The SMILES string of the molecule is CC(Sc1ncnc2scc(-c3ccc(Br)cc3)c12)C(=O)c1ccccc1. The van der Waals surface area contributed by atoms with Crippen LogP contribution in [0.2, 0.25) is 0 Å². The Kier molecular flexibility index (Phi) is 5.38. The number of hydrogen-bond acceptors (Lipinski definition) is 5. The van der Waals surface area contributed by atoms with E-state index in [1.807, 2.05) is 49.4 Å². The summed E-state index contributed by atoms with van der Waals surface area (Å²) in [6.07, 6.45) is 1.58. The summed E-state index contributed by atoms with van der Waals surface area (Å²) < 4.78 is 1.04. The monoisotopic (exact) mass is 454 g/mol. The van der Waals surface area contributed by atoms with E-state index in [0.717, 1.165) is 36.4 Å². The second-order valence-electron chi connectivity index (χ2n) is 6.01. The van der Waals surface area contributed by atoms with Crippen molar-refractivity contribution in [1.29, 1.82) is 0 Å². The number of rotatable bonds is 5. The van der Waals surface area contributed by atoms with Gasteiger partial charge in [0.2, 0.25) is 0 Å². The van der Waals surface area contributed by atoms with E-state index in [2.05, 4.69) is 43.4 Å². The van der Waals surface area contributed by atoms with E-state index in [0.29, 0.717) is 0 Å². The van der Waals surface area contributed by atoms with Crippen LogP contribution in [0.1, 0.15) is 17.3 Å². The van der Waals surface area contributed by atoms with E-state index in [4.69, 9.17) is 0 Å². The summed E-state index contributed by atoms with van der Waals surface area (Å²) in [4.78, 5) is 22.6. The van der Waals surface area contributed by atoms with Crippen LogP contribution in [0.15, 0.2) is 75.8 Å². The van der Waals surface area contributed by atoms with Gasteiger partial charge in [0, 0.05) is 21.0 Å². The number of thiophene rings is 1. The maximum absolute atomic E-state index is 12.7. The lowest BCUT2D eigenvalue weighted by atomic mass is 10.1. The van der Waals surface area contributed by atoms with Crippen LogP contribution in [-0.4, -0.2) is 21.0 Å². The van der Waals surface area contributed by atoms with Gasteiger partial charge in [0.25, 0.3) is 0 Å². The summed E-state index contributed by atoms with van der Waals surface area (Å²) in [5.74, 6) is 0.104. The average molecular weight is 455 g/mol. The van der Waals surface area contributed by atoms with Crippen LogP contribution in [0.4, 0.5) is 0 Å². The molecule has 0 saturated carbocycles. The number of fused-ring (bicyclic) bond motifs is 1. The maximum Gasteiger partial charge on any atom is 0.175 e. The molecule has 3 nitrogen and oxygen atoms in total. The van der Waals surface area contributed by atoms with Gasteiger partial charge in [-0.25, -0.2) is 9.97 Å². The Morgan fingerprint density at radius 2 is 1.81 bits per heavy atom. The fourth-order valence-electron chi connectivity index (χ4n) is 2.84. The molecule has 27 heavy (non-hydrogen) atoms. The number of carbonyl (C=O) groups is 1. The first-order valence-electron chi connectivity index (χ1n) is 8.37. The molecule has 134 valence electrons. The first-order valence-corrected chi connectivity index (χ1v) is 10.9. The highest BCUT2D eigenvalue weighted by Gasteiger charge is 2.20. The van der Waals surface area contributed by atoms with Gasteiger partial charge in [0.05, 0.1) is 10.6 Å². The molecule has 2 aromatic carbocycles. The zero-order valence-electron chi connectivity index (χ0n) is 14.4. The lowest BCUT2D eigenvalue weighted by Crippen LogP contribution is -2.13. The van der Waals surface area contributed by atoms with Crippen LogP contribution in [0.5, 0.6) is 0 Å². The van der Waals surface area contributed by atoms with Crippen molar-refractivity contribution in [2.75, 3.05) is 0 Å². The molecule has 4 rings (SSSR count). The molecule has 4 aromatic rings. The van der Waals surface area contributed by atoms with Crippen LogP contribution >= 0.6 is 39.0 Å². The number of aromatic nitrogens is 2. The van der Waals surface area contributed by atoms with Gasteiger partial charge in [0.1, 0.15) is 16.2 Å². The predicted octanol–water partition coefficient (Wildman–Crippen LogP) is 6.48. The second kappa shape index (κ2) is 7.92. The highest BCUT2D eigenvalue weighted by atomic mass is 79.9. The minimum atomic E-state index is -0.233. The van der Waals surface area contributed by atoms with Crippen molar-refractivity contribution >= 4 is 55.0 Å². The topological polar surface area (TPSA) is 42.9 Å². The molecular formula is C21H15BrN2OS2. The third-order valence-corrected chi connectivity index (χ3v) is 6.72. The van der Waals surface area contributed by atoms with E-state index in [-0.39, 0.29) is 11.0 Å². The molecule has 0 radical (unpaired) electrons. The minimum absolute atomic E-state index is 0.104. The number of ketones is 1. The predicted molar refractivity (Wildman–Crippen MR) is 117 cm³/mol. The molecule has 1 atom stereocenters. The molecule has 2 aromatic heterocycles. The first kappa shape index (κ1) is 18.3. The molecule has 0 aliphatic heterocycles. The van der Waals surface area contributed by atoms with E-state index in [1.54, 1.807) is 17.7 Å². The maximum atomic E-state index is 12.7. The van der Waals surface area contributed by atoms with Crippen LogP contribution < -0.4 is 0 Å². The Morgan fingerprint density at radius 1 is 1.07 bits per heavy atom. The van der Waals surface area contributed by atoms with Gasteiger partial charge < -0.3 is 0 Å². The summed E-state index contributed by atoms with van der Waals surface area (Å²) in [5.41, 5.74) is 2.94. The fourth-order valence-corrected chi connectivity index (χ4v) is 5.09. The van der Waals surface area contributed by atoms with Gasteiger partial charge >= 0.3 is 0 Å². The number of thioether (sulfide) groups is 1. The average Bonchev–Trinajstić information content (AvgIpc) is 3.14. The van der Waals surface area contributed by atoms with E-state index in [1.165, 1.54) is 11.8 Å². The summed E-state index contributed by atoms with van der Waals surface area (Å²) in [6, 6.07) is 17.6. The van der Waals surface area contributed by atoms with Gasteiger partial charge in [-0.15, -0.1) is 11.3 Å². The quantitative estimate of drug-likeness (QED) is 0.196. The normalized spacial score (nSPS) is 12.2. The molecule has 2 heterocycles. The van der Waals surface area contributed by atoms with Crippen molar-refractivity contribution < 1.29 is 4.79 Å². The third-order valence-electron chi connectivity index (χ3n) is 4.21. The number of Topliss-reactive ketones (excluding diaryl/α,β-unsaturated/α-hetero) is 1. The standard InChI is InChI=1S/C21H15BrN2OS2/c1-13(19(25)15-5-3-2-4-6-15)27-21-18-17(11-26-20(18)23-12-24-21)14-7-9-16(22)10-8-14/h2-13H,1H3. The van der Waals surface area contributed by atoms with Gasteiger partial charge in [-0.3, -0.25) is 4.79 Å². The smallest absolute Gasteiger partial charge is 0.175 e. The molecule has 0 aliphatic carbocycles. The lowest BCUT2D eigenvalue weighted by molar-refractivity contribution is 0.0994. The van der Waals surface area contributed by atoms with Crippen molar-refractivity contribution in [3.63, 3.8) is 0 Å². The van der Waals surface area contributed by atoms with Crippen molar-refractivity contribution in [3.05, 3.63) is 76.3 Å². The molecule has 0 aliphatic rings. The number of nitrogens with zero attached hydrogens (tertiary/aromatic N) is 2. The number of halogens is 1. The van der Waals surface area contributed by atoms with Crippen LogP contribution in [-0.2, 0) is 0 Å². The van der Waals surface area contributed by atoms with Crippen molar-refractivity contribution in [3.8, 4) is 11.1 Å². The summed E-state index contributed by atoms with van der Waals surface area (Å²) in [7, 11) is 0. The first-order chi connectivity index (χ1) is 13.1. The Hall–Kier alpha value is -2.02. The van der Waals surface area contributed by atoms with Crippen molar-refractivity contribution in [1.82, 2.24) is 9.97 Å². The fraction of sp³-hybridized carbons (Fsp3) is 0.0952. The zero-order chi connectivity index (χ0) is 18.8.